The highest BCUT2D eigenvalue weighted by molar-refractivity contribution is 5.85. The Morgan fingerprint density at radius 2 is 2.04 bits per heavy atom. The fourth-order valence-corrected chi connectivity index (χ4v) is 1.74. The summed E-state index contributed by atoms with van der Waals surface area (Å²) in [6.07, 6.45) is -3.57. The molecule has 0 aliphatic heterocycles. The molecule has 8 heteroatoms. The van der Waals surface area contributed by atoms with E-state index >= 15 is 0 Å². The van der Waals surface area contributed by atoms with Crippen LogP contribution >= 0.6 is 12.4 Å². The Morgan fingerprint density at radius 3 is 2.61 bits per heavy atom. The summed E-state index contributed by atoms with van der Waals surface area (Å²) in [4.78, 5) is 11.6. The summed E-state index contributed by atoms with van der Waals surface area (Å²) in [5, 5.41) is 2.66. The Labute approximate surface area is 140 Å². The van der Waals surface area contributed by atoms with Gasteiger partial charge in [-0.3, -0.25) is 4.79 Å². The number of nitrogens with one attached hydrogen (secondary N) is 1. The molecule has 132 valence electrons. The lowest BCUT2D eigenvalue weighted by atomic mass is 10.1. The maximum atomic E-state index is 12.3. The van der Waals surface area contributed by atoms with Crippen LogP contribution in [0, 0.1) is 6.92 Å². The quantitative estimate of drug-likeness (QED) is 0.790. The Kier molecular flexibility index (Phi) is 9.01. The summed E-state index contributed by atoms with van der Waals surface area (Å²) in [5.74, 6) is -0.0653. The largest absolute Gasteiger partial charge is 0.484 e. The topological polar surface area (TPSA) is 64.4 Å². The van der Waals surface area contributed by atoms with Crippen LogP contribution in [-0.2, 0) is 11.3 Å². The lowest BCUT2D eigenvalue weighted by Crippen LogP contribution is -2.26. The number of halogens is 4. The predicted octanol–water partition coefficient (Wildman–Crippen LogP) is 3.10. The molecule has 3 N–H and O–H groups in total. The molecule has 0 bridgehead atoms. The van der Waals surface area contributed by atoms with E-state index < -0.39 is 12.8 Å². The maximum Gasteiger partial charge on any atom is 0.422 e. The van der Waals surface area contributed by atoms with Crippen LogP contribution in [0.3, 0.4) is 0 Å². The summed E-state index contributed by atoms with van der Waals surface area (Å²) in [7, 11) is 0. The zero-order chi connectivity index (χ0) is 16.8. The highest BCUT2D eigenvalue weighted by Crippen LogP contribution is 2.23. The van der Waals surface area contributed by atoms with Gasteiger partial charge in [0.15, 0.2) is 6.61 Å². The molecule has 1 unspecified atom stereocenters. The van der Waals surface area contributed by atoms with Crippen molar-refractivity contribution >= 4 is 18.3 Å². The molecule has 4 nitrogen and oxygen atoms in total. The molecule has 0 saturated heterocycles. The SMILES string of the molecule is Cc1ccc(CNC(=O)CCC(C)N)c(OCC(F)(F)F)c1.Cl. The first kappa shape index (κ1) is 21.5. The number of hydrogen-bond acceptors (Lipinski definition) is 3. The Hall–Kier alpha value is -1.47. The van der Waals surface area contributed by atoms with Crippen molar-refractivity contribution in [3.63, 3.8) is 0 Å². The smallest absolute Gasteiger partial charge is 0.422 e. The fourth-order valence-electron chi connectivity index (χ4n) is 1.74. The van der Waals surface area contributed by atoms with Crippen molar-refractivity contribution < 1.29 is 22.7 Å². The Balaban J connectivity index is 0.00000484. The van der Waals surface area contributed by atoms with Gasteiger partial charge in [0.1, 0.15) is 5.75 Å². The first-order chi connectivity index (χ1) is 10.2. The van der Waals surface area contributed by atoms with Crippen molar-refractivity contribution in [1.82, 2.24) is 5.32 Å². The molecule has 0 aliphatic rings. The molecule has 1 atom stereocenters. The van der Waals surface area contributed by atoms with Crippen LogP contribution in [0.15, 0.2) is 18.2 Å². The van der Waals surface area contributed by atoms with Gasteiger partial charge < -0.3 is 15.8 Å². The van der Waals surface area contributed by atoms with E-state index in [1.54, 1.807) is 26.0 Å². The number of alkyl halides is 3. The molecule has 1 amide bonds. The molecule has 1 rings (SSSR count). The van der Waals surface area contributed by atoms with Crippen LogP contribution in [0.1, 0.15) is 30.9 Å². The molecule has 0 aromatic heterocycles. The van der Waals surface area contributed by atoms with Gasteiger partial charge in [0, 0.05) is 24.6 Å². The van der Waals surface area contributed by atoms with Gasteiger partial charge in [-0.1, -0.05) is 12.1 Å². The van der Waals surface area contributed by atoms with Crippen LogP contribution in [0.5, 0.6) is 5.75 Å². The van der Waals surface area contributed by atoms with E-state index in [1.807, 2.05) is 0 Å². The first-order valence-corrected chi connectivity index (χ1v) is 6.99. The third-order valence-corrected chi connectivity index (χ3v) is 2.92. The molecule has 0 spiro atoms. The van der Waals surface area contributed by atoms with Gasteiger partial charge in [0.25, 0.3) is 0 Å². The summed E-state index contributed by atoms with van der Waals surface area (Å²) >= 11 is 0. The Morgan fingerprint density at radius 1 is 1.39 bits per heavy atom. The number of rotatable bonds is 7. The summed E-state index contributed by atoms with van der Waals surface area (Å²) < 4.78 is 41.6. The van der Waals surface area contributed by atoms with Gasteiger partial charge in [0.2, 0.25) is 5.91 Å². The number of benzene rings is 1. The number of amides is 1. The van der Waals surface area contributed by atoms with Crippen molar-refractivity contribution in [1.29, 1.82) is 0 Å². The van der Waals surface area contributed by atoms with Crippen molar-refractivity contribution in [2.75, 3.05) is 6.61 Å². The highest BCUT2D eigenvalue weighted by Gasteiger charge is 2.28. The average molecular weight is 355 g/mol. The zero-order valence-electron chi connectivity index (χ0n) is 13.1. The van der Waals surface area contributed by atoms with Gasteiger partial charge >= 0.3 is 6.18 Å². The second kappa shape index (κ2) is 9.62. The number of hydrogen-bond donors (Lipinski definition) is 2. The van der Waals surface area contributed by atoms with Gasteiger partial charge in [-0.2, -0.15) is 13.2 Å². The second-order valence-electron chi connectivity index (χ2n) is 5.31. The van der Waals surface area contributed by atoms with Crippen LogP contribution in [-0.4, -0.2) is 24.7 Å². The van der Waals surface area contributed by atoms with Crippen molar-refractivity contribution in [2.45, 2.75) is 45.5 Å². The third kappa shape index (κ3) is 9.30. The van der Waals surface area contributed by atoms with E-state index in [1.165, 1.54) is 6.07 Å². The second-order valence-corrected chi connectivity index (χ2v) is 5.31. The normalized spacial score (nSPS) is 12.3. The van der Waals surface area contributed by atoms with Gasteiger partial charge in [0.05, 0.1) is 0 Å². The molecular formula is C15H22ClF3N2O2. The standard InChI is InChI=1S/C15H21F3N2O2.ClH/c1-10-3-5-12(8-20-14(21)6-4-11(2)19)13(7-10)22-9-15(16,17)18;/h3,5,7,11H,4,6,8-9,19H2,1-2H3,(H,20,21);1H. The van der Waals surface area contributed by atoms with Crippen LogP contribution in [0.2, 0.25) is 0 Å². The van der Waals surface area contributed by atoms with Gasteiger partial charge in [-0.05, 0) is 31.9 Å². The number of nitrogens with two attached hydrogens (primary N) is 1. The number of carbonyl (C=O) groups excluding carboxylic acids is 1. The molecule has 0 saturated carbocycles. The average Bonchev–Trinajstić information content (AvgIpc) is 2.41. The van der Waals surface area contributed by atoms with Crippen LogP contribution in [0.25, 0.3) is 0 Å². The molecule has 23 heavy (non-hydrogen) atoms. The molecule has 1 aromatic rings. The molecule has 1 aromatic carbocycles. The number of aryl methyl sites for hydroxylation is 1. The minimum atomic E-state index is -4.40. The molecule has 0 radical (unpaired) electrons. The third-order valence-electron chi connectivity index (χ3n) is 2.92. The lowest BCUT2D eigenvalue weighted by Gasteiger charge is -2.14. The van der Waals surface area contributed by atoms with Gasteiger partial charge in [-0.15, -0.1) is 12.4 Å². The van der Waals surface area contributed by atoms with Crippen molar-refractivity contribution in [3.05, 3.63) is 29.3 Å². The highest BCUT2D eigenvalue weighted by atomic mass is 35.5. The predicted molar refractivity (Wildman–Crippen MR) is 84.7 cm³/mol. The number of ether oxygens (including phenoxy) is 1. The number of carbonyl (C=O) groups is 1. The fraction of sp³-hybridized carbons (Fsp3) is 0.533. The zero-order valence-corrected chi connectivity index (χ0v) is 13.9. The van der Waals surface area contributed by atoms with E-state index in [9.17, 15) is 18.0 Å². The van der Waals surface area contributed by atoms with Crippen molar-refractivity contribution in [3.8, 4) is 5.75 Å². The van der Waals surface area contributed by atoms with Crippen molar-refractivity contribution in [2.24, 2.45) is 5.73 Å². The van der Waals surface area contributed by atoms with E-state index in [4.69, 9.17) is 10.5 Å². The minimum absolute atomic E-state index is 0. The van der Waals surface area contributed by atoms with Gasteiger partial charge in [-0.25, -0.2) is 0 Å². The van der Waals surface area contributed by atoms with E-state index in [2.05, 4.69) is 5.32 Å². The Bertz CT molecular complexity index is 508. The van der Waals surface area contributed by atoms with Crippen LogP contribution in [0.4, 0.5) is 13.2 Å². The van der Waals surface area contributed by atoms with E-state index in [0.717, 1.165) is 5.56 Å². The molecule has 0 fully saturated rings. The van der Waals surface area contributed by atoms with E-state index in [0.29, 0.717) is 12.0 Å². The first-order valence-electron chi connectivity index (χ1n) is 6.99. The minimum Gasteiger partial charge on any atom is -0.484 e. The summed E-state index contributed by atoms with van der Waals surface area (Å²) in [5.41, 5.74) is 6.85. The maximum absolute atomic E-state index is 12.3. The summed E-state index contributed by atoms with van der Waals surface area (Å²) in [6, 6.07) is 4.85. The molecule has 0 heterocycles. The summed E-state index contributed by atoms with van der Waals surface area (Å²) in [6.45, 7) is 2.31. The molecule has 0 aliphatic carbocycles. The van der Waals surface area contributed by atoms with E-state index in [-0.39, 0.29) is 43.1 Å². The monoisotopic (exact) mass is 354 g/mol. The van der Waals surface area contributed by atoms with Crippen LogP contribution < -0.4 is 15.8 Å². The molecular weight excluding hydrogens is 333 g/mol. The lowest BCUT2D eigenvalue weighted by molar-refractivity contribution is -0.153.